The minimum atomic E-state index is -1.00. The minimum Gasteiger partial charge on any atom is -0.458 e. The van der Waals surface area contributed by atoms with E-state index in [-0.39, 0.29) is 18.8 Å². The maximum Gasteiger partial charge on any atom is 0.508 e. The molecular formula is C11H16O8. The highest BCUT2D eigenvalue weighted by Crippen LogP contribution is 2.01. The predicted octanol–water partition coefficient (Wildman–Crippen LogP) is 1.04. The van der Waals surface area contributed by atoms with Crippen LogP contribution in [0.2, 0.25) is 0 Å². The van der Waals surface area contributed by atoms with Crippen LogP contribution >= 0.6 is 0 Å². The number of carbonyl (C=O) groups excluding carboxylic acids is 3. The molecule has 0 aromatic rings. The first-order chi connectivity index (χ1) is 8.90. The van der Waals surface area contributed by atoms with Gasteiger partial charge in [0.2, 0.25) is 0 Å². The highest BCUT2D eigenvalue weighted by molar-refractivity contribution is 5.86. The van der Waals surface area contributed by atoms with E-state index in [0.717, 1.165) is 14.2 Å². The summed E-state index contributed by atoms with van der Waals surface area (Å²) in [5.41, 5.74) is 0.186. The van der Waals surface area contributed by atoms with Crippen molar-refractivity contribution in [2.75, 3.05) is 27.4 Å². The molecule has 19 heavy (non-hydrogen) atoms. The van der Waals surface area contributed by atoms with E-state index in [2.05, 4.69) is 20.8 Å². The molecule has 0 heterocycles. The van der Waals surface area contributed by atoms with E-state index in [4.69, 9.17) is 9.47 Å². The van der Waals surface area contributed by atoms with Crippen molar-refractivity contribution in [2.45, 2.75) is 13.0 Å². The zero-order valence-corrected chi connectivity index (χ0v) is 11.0. The summed E-state index contributed by atoms with van der Waals surface area (Å²) in [6.45, 7) is 4.20. The third-order valence-corrected chi connectivity index (χ3v) is 1.73. The van der Waals surface area contributed by atoms with Gasteiger partial charge in [-0.15, -0.1) is 0 Å². The van der Waals surface area contributed by atoms with Crippen molar-refractivity contribution in [1.82, 2.24) is 0 Å². The molecule has 8 nitrogen and oxygen atoms in total. The van der Waals surface area contributed by atoms with E-state index in [1.54, 1.807) is 0 Å². The van der Waals surface area contributed by atoms with Crippen LogP contribution in [-0.4, -0.2) is 51.8 Å². The van der Waals surface area contributed by atoms with Crippen LogP contribution in [0, 0.1) is 0 Å². The van der Waals surface area contributed by atoms with Crippen molar-refractivity contribution in [3.8, 4) is 0 Å². The van der Waals surface area contributed by atoms with Gasteiger partial charge in [-0.05, 0) is 6.92 Å². The first-order valence-corrected chi connectivity index (χ1v) is 5.18. The van der Waals surface area contributed by atoms with Crippen molar-refractivity contribution in [2.24, 2.45) is 0 Å². The second-order valence-electron chi connectivity index (χ2n) is 3.34. The molecule has 0 radical (unpaired) electrons. The van der Waals surface area contributed by atoms with E-state index in [9.17, 15) is 14.4 Å². The highest BCUT2D eigenvalue weighted by atomic mass is 16.8. The van der Waals surface area contributed by atoms with Crippen LogP contribution in [0.3, 0.4) is 0 Å². The third-order valence-electron chi connectivity index (χ3n) is 1.73. The van der Waals surface area contributed by atoms with E-state index in [0.29, 0.717) is 0 Å². The molecule has 0 aliphatic heterocycles. The Hall–Kier alpha value is -2.25. The van der Waals surface area contributed by atoms with Crippen LogP contribution in [0.1, 0.15) is 6.92 Å². The highest BCUT2D eigenvalue weighted by Gasteiger charge is 2.20. The molecule has 0 aromatic carbocycles. The fourth-order valence-corrected chi connectivity index (χ4v) is 0.812. The topological polar surface area (TPSA) is 97.4 Å². The van der Waals surface area contributed by atoms with Crippen LogP contribution in [0.5, 0.6) is 0 Å². The summed E-state index contributed by atoms with van der Waals surface area (Å²) in [5, 5.41) is 0. The van der Waals surface area contributed by atoms with Gasteiger partial charge in [-0.3, -0.25) is 0 Å². The number of methoxy groups -OCH3 is 2. The fourth-order valence-electron chi connectivity index (χ4n) is 0.812. The molecule has 0 aliphatic rings. The Bertz CT molecular complexity index is 349. The van der Waals surface area contributed by atoms with E-state index >= 15 is 0 Å². The lowest BCUT2D eigenvalue weighted by molar-refractivity contribution is -0.143. The first kappa shape index (κ1) is 16.8. The monoisotopic (exact) mass is 276 g/mol. The van der Waals surface area contributed by atoms with Crippen LogP contribution in [0.4, 0.5) is 9.59 Å². The fraction of sp³-hybridized carbons (Fsp3) is 0.545. The second-order valence-corrected chi connectivity index (χ2v) is 3.34. The number of carbonyl (C=O) groups is 3. The van der Waals surface area contributed by atoms with Crippen LogP contribution < -0.4 is 0 Å². The zero-order chi connectivity index (χ0) is 14.8. The van der Waals surface area contributed by atoms with Crippen molar-refractivity contribution >= 4 is 18.3 Å². The van der Waals surface area contributed by atoms with Gasteiger partial charge >= 0.3 is 18.3 Å². The van der Waals surface area contributed by atoms with Gasteiger partial charge in [0.15, 0.2) is 6.10 Å². The zero-order valence-electron chi connectivity index (χ0n) is 11.0. The van der Waals surface area contributed by atoms with Crippen molar-refractivity contribution in [3.05, 3.63) is 12.2 Å². The SMILES string of the molecule is C=C(C)C(=O)OCC(COC(=O)OC)OC(=O)OC. The normalized spacial score (nSPS) is 10.9. The van der Waals surface area contributed by atoms with E-state index in [1.165, 1.54) is 6.92 Å². The smallest absolute Gasteiger partial charge is 0.458 e. The molecule has 0 amide bonds. The summed E-state index contributed by atoms with van der Waals surface area (Å²) < 4.78 is 22.6. The van der Waals surface area contributed by atoms with Gasteiger partial charge in [0.05, 0.1) is 14.2 Å². The van der Waals surface area contributed by atoms with Crippen LogP contribution in [0.15, 0.2) is 12.2 Å². The average molecular weight is 276 g/mol. The van der Waals surface area contributed by atoms with Gasteiger partial charge in [0.1, 0.15) is 13.2 Å². The van der Waals surface area contributed by atoms with Crippen molar-refractivity contribution < 1.29 is 38.1 Å². The number of ether oxygens (including phenoxy) is 5. The number of hydrogen-bond donors (Lipinski definition) is 0. The molecule has 0 spiro atoms. The number of rotatable bonds is 6. The second kappa shape index (κ2) is 8.78. The third kappa shape index (κ3) is 7.63. The molecule has 1 atom stereocenters. The van der Waals surface area contributed by atoms with Gasteiger partial charge in [0.25, 0.3) is 0 Å². The molecule has 8 heteroatoms. The minimum absolute atomic E-state index is 0.186. The molecule has 0 aromatic heterocycles. The van der Waals surface area contributed by atoms with Gasteiger partial charge in [-0.2, -0.15) is 0 Å². The summed E-state index contributed by atoms with van der Waals surface area (Å²) in [7, 11) is 2.24. The quantitative estimate of drug-likeness (QED) is 0.403. The Kier molecular flexibility index (Phi) is 7.74. The largest absolute Gasteiger partial charge is 0.508 e. The molecule has 0 saturated carbocycles. The number of esters is 1. The molecule has 0 saturated heterocycles. The molecular weight excluding hydrogens is 260 g/mol. The molecule has 0 N–H and O–H groups in total. The van der Waals surface area contributed by atoms with E-state index < -0.39 is 24.4 Å². The van der Waals surface area contributed by atoms with Crippen LogP contribution in [0.25, 0.3) is 0 Å². The summed E-state index contributed by atoms with van der Waals surface area (Å²) in [5.74, 6) is -0.656. The summed E-state index contributed by atoms with van der Waals surface area (Å²) in [6, 6.07) is 0. The Labute approximate surface area is 110 Å². The average Bonchev–Trinajstić information content (AvgIpc) is 2.40. The Morgan fingerprint density at radius 1 is 1.00 bits per heavy atom. The Balaban J connectivity index is 4.32. The van der Waals surface area contributed by atoms with Crippen LogP contribution in [-0.2, 0) is 28.5 Å². The van der Waals surface area contributed by atoms with Gasteiger partial charge < -0.3 is 23.7 Å². The lowest BCUT2D eigenvalue weighted by Crippen LogP contribution is -2.31. The predicted molar refractivity (Wildman–Crippen MR) is 61.4 cm³/mol. The molecule has 0 rings (SSSR count). The molecule has 0 aliphatic carbocycles. The Morgan fingerprint density at radius 3 is 2.00 bits per heavy atom. The number of hydrogen-bond acceptors (Lipinski definition) is 8. The first-order valence-electron chi connectivity index (χ1n) is 5.18. The lowest BCUT2D eigenvalue weighted by atomic mass is 10.3. The maximum absolute atomic E-state index is 11.2. The molecule has 0 fully saturated rings. The Morgan fingerprint density at radius 2 is 1.53 bits per heavy atom. The summed E-state index contributed by atoms with van der Waals surface area (Å²) >= 11 is 0. The molecule has 1 unspecified atom stereocenters. The summed E-state index contributed by atoms with van der Waals surface area (Å²) in [4.78, 5) is 32.9. The van der Waals surface area contributed by atoms with Crippen molar-refractivity contribution in [3.63, 3.8) is 0 Å². The summed E-state index contributed by atoms with van der Waals surface area (Å²) in [6.07, 6.45) is -2.95. The molecule has 108 valence electrons. The van der Waals surface area contributed by atoms with E-state index in [1.807, 2.05) is 0 Å². The maximum atomic E-state index is 11.2. The molecule has 0 bridgehead atoms. The standard InChI is InChI=1S/C11H16O8/c1-7(2)9(12)17-5-8(19-11(14)16-4)6-18-10(13)15-3/h8H,1,5-6H2,2-4H3. The lowest BCUT2D eigenvalue weighted by Gasteiger charge is -2.16. The van der Waals surface area contributed by atoms with Crippen molar-refractivity contribution in [1.29, 1.82) is 0 Å². The van der Waals surface area contributed by atoms with Gasteiger partial charge in [-0.1, -0.05) is 6.58 Å². The van der Waals surface area contributed by atoms with Gasteiger partial charge in [-0.25, -0.2) is 14.4 Å². The van der Waals surface area contributed by atoms with Gasteiger partial charge in [0, 0.05) is 5.57 Å².